The van der Waals surface area contributed by atoms with E-state index in [-0.39, 0.29) is 18.3 Å². The second-order valence-corrected chi connectivity index (χ2v) is 7.99. The Labute approximate surface area is 130 Å². The van der Waals surface area contributed by atoms with Crippen molar-refractivity contribution in [1.29, 1.82) is 0 Å². The summed E-state index contributed by atoms with van der Waals surface area (Å²) >= 11 is 3.64. The molecule has 0 bridgehead atoms. The minimum Gasteiger partial charge on any atom is -0.399 e. The number of benzene rings is 1. The quantitative estimate of drug-likeness (QED) is 0.762. The fourth-order valence-electron chi connectivity index (χ4n) is 2.76. The van der Waals surface area contributed by atoms with Gasteiger partial charge in [-0.3, -0.25) is 0 Å². The Balaban J connectivity index is 1.99. The van der Waals surface area contributed by atoms with Crippen molar-refractivity contribution in [3.8, 4) is 0 Å². The zero-order valence-corrected chi connectivity index (χ0v) is 14.5. The van der Waals surface area contributed by atoms with Gasteiger partial charge < -0.3 is 9.31 Å². The van der Waals surface area contributed by atoms with E-state index in [0.29, 0.717) is 0 Å². The van der Waals surface area contributed by atoms with Crippen molar-refractivity contribution in [2.75, 3.05) is 0 Å². The van der Waals surface area contributed by atoms with Gasteiger partial charge in [-0.25, -0.2) is 0 Å². The summed E-state index contributed by atoms with van der Waals surface area (Å²) in [6.07, 6.45) is 2.61. The maximum atomic E-state index is 6.20. The Morgan fingerprint density at radius 2 is 1.65 bits per heavy atom. The van der Waals surface area contributed by atoms with Crippen LogP contribution >= 0.6 is 15.9 Å². The lowest BCUT2D eigenvalue weighted by Gasteiger charge is -2.32. The molecular formula is C16H22BBrO2. The highest BCUT2D eigenvalue weighted by molar-refractivity contribution is 9.10. The molecule has 1 saturated carbocycles. The van der Waals surface area contributed by atoms with Crippen molar-refractivity contribution in [3.05, 3.63) is 27.7 Å². The SMILES string of the molecule is Cc1c(B2OC(C)(C)C(C)(C)O2)cc(Br)cc1C1CC1. The fourth-order valence-corrected chi connectivity index (χ4v) is 3.25. The van der Waals surface area contributed by atoms with Crippen LogP contribution in [0.5, 0.6) is 0 Å². The fraction of sp³-hybridized carbons (Fsp3) is 0.625. The standard InChI is InChI=1S/C16H22BBrO2/c1-10-13(11-6-7-11)8-12(18)9-14(10)17-19-15(2,3)16(4,5)20-17/h8-9,11H,6-7H2,1-5H3. The van der Waals surface area contributed by atoms with Crippen molar-refractivity contribution in [2.24, 2.45) is 0 Å². The summed E-state index contributed by atoms with van der Waals surface area (Å²) in [7, 11) is -0.269. The van der Waals surface area contributed by atoms with E-state index in [1.54, 1.807) is 0 Å². The van der Waals surface area contributed by atoms with Crippen molar-refractivity contribution in [1.82, 2.24) is 0 Å². The first-order valence-corrected chi connectivity index (χ1v) is 8.16. The predicted molar refractivity (Wildman–Crippen MR) is 86.6 cm³/mol. The molecule has 0 N–H and O–H groups in total. The Kier molecular flexibility index (Phi) is 3.35. The van der Waals surface area contributed by atoms with Crippen LogP contribution < -0.4 is 5.46 Å². The third-order valence-corrected chi connectivity index (χ3v) is 5.44. The summed E-state index contributed by atoms with van der Waals surface area (Å²) in [6.45, 7) is 10.6. The molecule has 1 heterocycles. The molecule has 1 aromatic rings. The highest BCUT2D eigenvalue weighted by Crippen LogP contribution is 2.43. The molecule has 0 atom stereocenters. The summed E-state index contributed by atoms with van der Waals surface area (Å²) in [4.78, 5) is 0. The maximum absolute atomic E-state index is 6.20. The lowest BCUT2D eigenvalue weighted by atomic mass is 9.74. The lowest BCUT2D eigenvalue weighted by molar-refractivity contribution is 0.00578. The monoisotopic (exact) mass is 336 g/mol. The third kappa shape index (κ3) is 2.36. The zero-order valence-electron chi connectivity index (χ0n) is 12.9. The van der Waals surface area contributed by atoms with Crippen molar-refractivity contribution >= 4 is 28.5 Å². The van der Waals surface area contributed by atoms with E-state index in [2.05, 4.69) is 62.7 Å². The second-order valence-electron chi connectivity index (χ2n) is 7.07. The van der Waals surface area contributed by atoms with E-state index in [9.17, 15) is 0 Å². The Morgan fingerprint density at radius 1 is 1.10 bits per heavy atom. The van der Waals surface area contributed by atoms with Gasteiger partial charge in [0.2, 0.25) is 0 Å². The zero-order chi connectivity index (χ0) is 14.7. The van der Waals surface area contributed by atoms with Gasteiger partial charge in [-0.1, -0.05) is 15.9 Å². The van der Waals surface area contributed by atoms with Crippen LogP contribution in [0.4, 0.5) is 0 Å². The molecule has 2 aliphatic rings. The molecule has 0 spiro atoms. The summed E-state index contributed by atoms with van der Waals surface area (Å²) in [5, 5.41) is 0. The highest BCUT2D eigenvalue weighted by atomic mass is 79.9. The molecule has 1 aromatic carbocycles. The first-order chi connectivity index (χ1) is 9.21. The Hall–Kier alpha value is -0.315. The highest BCUT2D eigenvalue weighted by Gasteiger charge is 2.52. The summed E-state index contributed by atoms with van der Waals surface area (Å²) < 4.78 is 13.5. The minimum absolute atomic E-state index is 0.269. The van der Waals surface area contributed by atoms with Gasteiger partial charge in [-0.05, 0) is 82.1 Å². The van der Waals surface area contributed by atoms with Gasteiger partial charge >= 0.3 is 7.12 Å². The second kappa shape index (κ2) is 4.59. The number of halogens is 1. The summed E-state index contributed by atoms with van der Waals surface area (Å²) in [6, 6.07) is 4.39. The largest absolute Gasteiger partial charge is 0.495 e. The first-order valence-electron chi connectivity index (χ1n) is 7.37. The van der Waals surface area contributed by atoms with E-state index in [1.165, 1.54) is 29.4 Å². The molecule has 2 fully saturated rings. The number of hydrogen-bond donors (Lipinski definition) is 0. The third-order valence-electron chi connectivity index (χ3n) is 4.98. The van der Waals surface area contributed by atoms with E-state index < -0.39 is 0 Å². The van der Waals surface area contributed by atoms with Crippen LogP contribution in [0, 0.1) is 6.92 Å². The van der Waals surface area contributed by atoms with Crippen molar-refractivity contribution in [3.63, 3.8) is 0 Å². The summed E-state index contributed by atoms with van der Waals surface area (Å²) in [5.74, 6) is 0.730. The molecule has 0 aromatic heterocycles. The molecule has 3 rings (SSSR count). The number of rotatable bonds is 2. The molecular weight excluding hydrogens is 315 g/mol. The smallest absolute Gasteiger partial charge is 0.399 e. The van der Waals surface area contributed by atoms with E-state index in [1.807, 2.05) is 0 Å². The average Bonchev–Trinajstić information content (AvgIpc) is 3.10. The first kappa shape index (κ1) is 14.6. The molecule has 2 nitrogen and oxygen atoms in total. The van der Waals surface area contributed by atoms with E-state index in [0.717, 1.165) is 10.4 Å². The molecule has 0 unspecified atom stereocenters. The molecule has 1 aliphatic carbocycles. The van der Waals surface area contributed by atoms with Crippen LogP contribution in [0.2, 0.25) is 0 Å². The molecule has 0 amide bonds. The van der Waals surface area contributed by atoms with Gasteiger partial charge in [0.15, 0.2) is 0 Å². The van der Waals surface area contributed by atoms with Crippen molar-refractivity contribution < 1.29 is 9.31 Å². The van der Waals surface area contributed by atoms with E-state index >= 15 is 0 Å². The molecule has 108 valence electrons. The molecule has 0 radical (unpaired) electrons. The number of hydrogen-bond acceptors (Lipinski definition) is 2. The van der Waals surface area contributed by atoms with Crippen LogP contribution in [0.1, 0.15) is 57.6 Å². The minimum atomic E-state index is -0.286. The lowest BCUT2D eigenvalue weighted by Crippen LogP contribution is -2.41. The maximum Gasteiger partial charge on any atom is 0.495 e. The van der Waals surface area contributed by atoms with Crippen LogP contribution in [-0.2, 0) is 9.31 Å². The molecule has 1 saturated heterocycles. The molecule has 20 heavy (non-hydrogen) atoms. The van der Waals surface area contributed by atoms with Crippen molar-refractivity contribution in [2.45, 2.75) is 64.6 Å². The van der Waals surface area contributed by atoms with Gasteiger partial charge in [-0.2, -0.15) is 0 Å². The summed E-state index contributed by atoms with van der Waals surface area (Å²) in [5.41, 5.74) is 3.37. The van der Waals surface area contributed by atoms with Gasteiger partial charge in [0.25, 0.3) is 0 Å². The average molecular weight is 337 g/mol. The molecule has 4 heteroatoms. The van der Waals surface area contributed by atoms with Gasteiger partial charge in [-0.15, -0.1) is 0 Å². The normalized spacial score (nSPS) is 24.2. The van der Waals surface area contributed by atoms with E-state index in [4.69, 9.17) is 9.31 Å². The van der Waals surface area contributed by atoms with Gasteiger partial charge in [0.05, 0.1) is 11.2 Å². The molecule has 1 aliphatic heterocycles. The predicted octanol–water partition coefficient (Wildman–Crippen LogP) is 3.93. The van der Waals surface area contributed by atoms with Crippen LogP contribution in [-0.4, -0.2) is 18.3 Å². The topological polar surface area (TPSA) is 18.5 Å². The Morgan fingerprint density at radius 3 is 2.15 bits per heavy atom. The van der Waals surface area contributed by atoms with Gasteiger partial charge in [0, 0.05) is 4.47 Å². The van der Waals surface area contributed by atoms with Crippen LogP contribution in [0.15, 0.2) is 16.6 Å². The van der Waals surface area contributed by atoms with Crippen LogP contribution in [0.25, 0.3) is 0 Å². The van der Waals surface area contributed by atoms with Gasteiger partial charge in [0.1, 0.15) is 0 Å². The van der Waals surface area contributed by atoms with Crippen LogP contribution in [0.3, 0.4) is 0 Å². The Bertz CT molecular complexity index is 534.